The highest BCUT2D eigenvalue weighted by Gasteiger charge is 2.34. The van der Waals surface area contributed by atoms with E-state index in [-0.39, 0.29) is 5.92 Å². The number of hydrogen-bond donors (Lipinski definition) is 1. The van der Waals surface area contributed by atoms with E-state index in [1.165, 1.54) is 7.05 Å². The number of fused-ring (bicyclic) bond motifs is 3. The number of aromatic amines is 1. The van der Waals surface area contributed by atoms with E-state index in [0.717, 1.165) is 32.5 Å². The zero-order valence-corrected chi connectivity index (χ0v) is 15.3. The van der Waals surface area contributed by atoms with Crippen LogP contribution >= 0.6 is 0 Å². The van der Waals surface area contributed by atoms with Crippen LogP contribution in [0, 0.1) is 5.92 Å². The van der Waals surface area contributed by atoms with E-state index in [4.69, 9.17) is 0 Å². The highest BCUT2D eigenvalue weighted by molar-refractivity contribution is 6.10. The number of carbonyl (C=O) groups excluding carboxylic acids is 1. The average Bonchev–Trinajstić information content (AvgIpc) is 3.15. The Labute approximate surface area is 159 Å². The molecule has 0 aromatic carbocycles. The minimum absolute atomic E-state index is 0.384. The largest absolute Gasteiger partial charge is 0.406 e. The van der Waals surface area contributed by atoms with Gasteiger partial charge in [0.05, 0.1) is 11.7 Å². The highest BCUT2D eigenvalue weighted by atomic mass is 19.4. The topological polar surface area (TPSA) is 65.1 Å². The van der Waals surface area contributed by atoms with Crippen molar-refractivity contribution >= 4 is 33.5 Å². The summed E-state index contributed by atoms with van der Waals surface area (Å²) in [6, 6.07) is 3.89. The molecule has 0 radical (unpaired) electrons. The van der Waals surface area contributed by atoms with Gasteiger partial charge in [-0.25, -0.2) is 4.98 Å². The lowest BCUT2D eigenvalue weighted by atomic mass is 9.94. The maximum absolute atomic E-state index is 12.6. The maximum Gasteiger partial charge on any atom is 0.406 e. The molecule has 1 aliphatic rings. The van der Waals surface area contributed by atoms with Crippen molar-refractivity contribution in [1.82, 2.24) is 19.9 Å². The van der Waals surface area contributed by atoms with E-state index in [1.54, 1.807) is 12.4 Å². The number of aromatic nitrogens is 3. The lowest BCUT2D eigenvalue weighted by molar-refractivity contribution is -0.161. The van der Waals surface area contributed by atoms with E-state index < -0.39 is 18.6 Å². The van der Waals surface area contributed by atoms with Crippen LogP contribution in [0.3, 0.4) is 0 Å². The summed E-state index contributed by atoms with van der Waals surface area (Å²) >= 11 is 0. The summed E-state index contributed by atoms with van der Waals surface area (Å²) in [7, 11) is 1.22. The van der Waals surface area contributed by atoms with Gasteiger partial charge in [-0.1, -0.05) is 0 Å². The fourth-order valence-corrected chi connectivity index (χ4v) is 3.93. The van der Waals surface area contributed by atoms with Gasteiger partial charge < -0.3 is 14.8 Å². The second kappa shape index (κ2) is 6.96. The highest BCUT2D eigenvalue weighted by Crippen LogP contribution is 2.33. The number of nitrogens with one attached hydrogen (secondary N) is 1. The predicted molar refractivity (Wildman–Crippen MR) is 100 cm³/mol. The summed E-state index contributed by atoms with van der Waals surface area (Å²) in [6.45, 7) is -0.00720. The number of halogens is 3. The second-order valence-corrected chi connectivity index (χ2v) is 7.16. The van der Waals surface area contributed by atoms with Crippen molar-refractivity contribution in [2.75, 3.05) is 31.6 Å². The van der Waals surface area contributed by atoms with E-state index >= 15 is 0 Å². The fourth-order valence-electron chi connectivity index (χ4n) is 3.93. The Bertz CT molecular complexity index is 1010. The zero-order valence-electron chi connectivity index (χ0n) is 15.3. The lowest BCUT2D eigenvalue weighted by Crippen LogP contribution is -2.44. The Morgan fingerprint density at radius 3 is 2.75 bits per heavy atom. The van der Waals surface area contributed by atoms with Gasteiger partial charge in [-0.05, 0) is 25.0 Å². The van der Waals surface area contributed by atoms with Gasteiger partial charge in [-0.15, -0.1) is 0 Å². The van der Waals surface area contributed by atoms with Gasteiger partial charge in [0, 0.05) is 54.9 Å². The third-order valence-corrected chi connectivity index (χ3v) is 5.25. The summed E-state index contributed by atoms with van der Waals surface area (Å²) in [6.07, 6.45) is 1.94. The first-order chi connectivity index (χ1) is 13.3. The number of anilines is 1. The number of alkyl halides is 3. The second-order valence-electron chi connectivity index (χ2n) is 7.16. The molecule has 4 rings (SSSR count). The van der Waals surface area contributed by atoms with Crippen molar-refractivity contribution in [2.45, 2.75) is 19.0 Å². The molecule has 3 aromatic rings. The summed E-state index contributed by atoms with van der Waals surface area (Å²) in [5.41, 5.74) is 2.57. The fraction of sp³-hybridized carbons (Fsp3) is 0.421. The molecular weight excluding hydrogens is 371 g/mol. The molecule has 0 saturated carbocycles. The molecule has 6 nitrogen and oxygen atoms in total. The smallest absolute Gasteiger partial charge is 0.371 e. The number of hydrogen-bond acceptors (Lipinski definition) is 4. The van der Waals surface area contributed by atoms with Crippen LogP contribution in [0.15, 0.2) is 30.7 Å². The van der Waals surface area contributed by atoms with E-state index in [9.17, 15) is 18.0 Å². The monoisotopic (exact) mass is 391 g/mol. The number of pyridine rings is 2. The van der Waals surface area contributed by atoms with Crippen LogP contribution < -0.4 is 4.90 Å². The van der Waals surface area contributed by atoms with Crippen molar-refractivity contribution < 1.29 is 18.0 Å². The van der Waals surface area contributed by atoms with Gasteiger partial charge in [0.1, 0.15) is 12.2 Å². The molecule has 4 heterocycles. The maximum atomic E-state index is 12.6. The standard InChI is InChI=1S/C19H20F3N5O/c1-26(11-19(20,21)22)18(28)12-4-8-27(9-5-12)15-3-7-23-14-10-25-17-13(16(14)15)2-6-24-17/h2-3,6-7,10,12H,4-5,8-9,11H2,1H3,(H,24,25). The minimum atomic E-state index is -4.38. The molecule has 0 bridgehead atoms. The van der Waals surface area contributed by atoms with Gasteiger partial charge in [0.15, 0.2) is 0 Å². The molecule has 9 heteroatoms. The molecule has 1 aliphatic heterocycles. The SMILES string of the molecule is CN(CC(F)(F)F)C(=O)C1CCN(c2ccnc3cnc4[nH]ccc4c23)CC1. The first kappa shape index (κ1) is 18.5. The van der Waals surface area contributed by atoms with Crippen molar-refractivity contribution in [3.63, 3.8) is 0 Å². The lowest BCUT2D eigenvalue weighted by Gasteiger charge is -2.35. The average molecular weight is 391 g/mol. The van der Waals surface area contributed by atoms with Crippen molar-refractivity contribution in [1.29, 1.82) is 0 Å². The number of H-pyrrole nitrogens is 1. The normalized spacial score (nSPS) is 16.1. The van der Waals surface area contributed by atoms with Crippen molar-refractivity contribution in [2.24, 2.45) is 5.92 Å². The molecule has 0 spiro atoms. The molecule has 28 heavy (non-hydrogen) atoms. The van der Waals surface area contributed by atoms with Gasteiger partial charge in [-0.2, -0.15) is 13.2 Å². The molecule has 1 amide bonds. The van der Waals surface area contributed by atoms with Crippen molar-refractivity contribution in [3.8, 4) is 0 Å². The predicted octanol–water partition coefficient (Wildman–Crippen LogP) is 3.35. The molecule has 0 unspecified atom stereocenters. The number of rotatable bonds is 3. The Morgan fingerprint density at radius 1 is 1.29 bits per heavy atom. The summed E-state index contributed by atoms with van der Waals surface area (Å²) < 4.78 is 37.7. The Hall–Kier alpha value is -2.84. The number of nitrogens with zero attached hydrogens (tertiary/aromatic N) is 4. The van der Waals surface area contributed by atoms with Gasteiger partial charge in [0.25, 0.3) is 0 Å². The number of amides is 1. The molecule has 1 N–H and O–H groups in total. The van der Waals surface area contributed by atoms with E-state index in [1.807, 2.05) is 18.3 Å². The zero-order chi connectivity index (χ0) is 19.9. The number of carbonyl (C=O) groups is 1. The Morgan fingerprint density at radius 2 is 2.04 bits per heavy atom. The minimum Gasteiger partial charge on any atom is -0.371 e. The molecule has 3 aromatic heterocycles. The Balaban J connectivity index is 1.53. The van der Waals surface area contributed by atoms with E-state index in [2.05, 4.69) is 19.9 Å². The van der Waals surface area contributed by atoms with Crippen LogP contribution in [0.2, 0.25) is 0 Å². The summed E-state index contributed by atoms with van der Waals surface area (Å²) in [5.74, 6) is -0.820. The van der Waals surface area contributed by atoms with Gasteiger partial charge in [0.2, 0.25) is 5.91 Å². The van der Waals surface area contributed by atoms with Crippen LogP contribution in [0.5, 0.6) is 0 Å². The third kappa shape index (κ3) is 3.48. The van der Waals surface area contributed by atoms with Crippen LogP contribution in [0.1, 0.15) is 12.8 Å². The summed E-state index contributed by atoms with van der Waals surface area (Å²) in [5, 5.41) is 1.97. The number of piperidine rings is 1. The first-order valence-corrected chi connectivity index (χ1v) is 9.11. The first-order valence-electron chi connectivity index (χ1n) is 9.11. The molecule has 1 saturated heterocycles. The molecule has 0 atom stereocenters. The van der Waals surface area contributed by atoms with Crippen LogP contribution in [0.4, 0.5) is 18.9 Å². The van der Waals surface area contributed by atoms with Gasteiger partial charge in [-0.3, -0.25) is 9.78 Å². The van der Waals surface area contributed by atoms with Crippen molar-refractivity contribution in [3.05, 3.63) is 30.7 Å². The van der Waals surface area contributed by atoms with Gasteiger partial charge >= 0.3 is 6.18 Å². The molecule has 148 valence electrons. The van der Waals surface area contributed by atoms with E-state index in [0.29, 0.717) is 25.9 Å². The Kier molecular flexibility index (Phi) is 4.60. The van der Waals surface area contributed by atoms with Crippen LogP contribution in [-0.2, 0) is 4.79 Å². The summed E-state index contributed by atoms with van der Waals surface area (Å²) in [4.78, 5) is 27.2. The molecular formula is C19H20F3N5O. The third-order valence-electron chi connectivity index (χ3n) is 5.25. The van der Waals surface area contributed by atoms with Crippen LogP contribution in [-0.4, -0.2) is 58.6 Å². The van der Waals surface area contributed by atoms with Crippen LogP contribution in [0.25, 0.3) is 21.9 Å². The molecule has 0 aliphatic carbocycles. The quantitative estimate of drug-likeness (QED) is 0.744. The molecule has 1 fully saturated rings.